The third-order valence-corrected chi connectivity index (χ3v) is 3.60. The summed E-state index contributed by atoms with van der Waals surface area (Å²) >= 11 is 5.88. The van der Waals surface area contributed by atoms with Crippen LogP contribution in [0.5, 0.6) is 0 Å². The molecule has 2 aromatic rings. The van der Waals surface area contributed by atoms with E-state index in [4.69, 9.17) is 11.6 Å². The van der Waals surface area contributed by atoms with Gasteiger partial charge in [0.25, 0.3) is 0 Å². The number of aliphatic hydroxyl groups is 1. The summed E-state index contributed by atoms with van der Waals surface area (Å²) in [6.07, 6.45) is 3.63. The molecule has 0 spiro atoms. The Hall–Kier alpha value is -1.17. The third-order valence-electron chi connectivity index (χ3n) is 3.35. The fourth-order valence-corrected chi connectivity index (χ4v) is 2.43. The molecule has 1 aromatic carbocycles. The van der Waals surface area contributed by atoms with Crippen molar-refractivity contribution in [2.75, 3.05) is 11.9 Å². The van der Waals surface area contributed by atoms with E-state index in [0.29, 0.717) is 11.6 Å². The molecule has 0 saturated carbocycles. The maximum Gasteiger partial charge on any atom is 0.396 e. The minimum absolute atomic E-state index is 0. The molecule has 0 radical (unpaired) electrons. The van der Waals surface area contributed by atoms with Crippen LogP contribution in [-0.4, -0.2) is 17.1 Å². The number of halogens is 2. The second-order valence-corrected chi connectivity index (χ2v) is 4.87. The zero-order chi connectivity index (χ0) is 12.8. The van der Waals surface area contributed by atoms with Gasteiger partial charge in [0.15, 0.2) is 0 Å². The second-order valence-electron chi connectivity index (χ2n) is 4.43. The van der Waals surface area contributed by atoms with Crippen molar-refractivity contribution in [3.8, 4) is 0 Å². The van der Waals surface area contributed by atoms with Crippen LogP contribution in [0.1, 0.15) is 5.56 Å². The van der Waals surface area contributed by atoms with E-state index in [1.807, 2.05) is 36.0 Å². The molecule has 2 heterocycles. The highest BCUT2D eigenvalue weighted by Gasteiger charge is 2.49. The van der Waals surface area contributed by atoms with Gasteiger partial charge in [-0.2, -0.15) is 0 Å². The highest BCUT2D eigenvalue weighted by atomic mass is 79.9. The molecule has 1 aliphatic rings. The smallest absolute Gasteiger partial charge is 0.396 e. The van der Waals surface area contributed by atoms with Gasteiger partial charge in [0.2, 0.25) is 5.72 Å². The third kappa shape index (κ3) is 2.22. The summed E-state index contributed by atoms with van der Waals surface area (Å²) in [5.41, 5.74) is -0.272. The molecule has 0 fully saturated rings. The van der Waals surface area contributed by atoms with Crippen LogP contribution in [-0.2, 0) is 12.3 Å². The number of hydrogen-bond donors (Lipinski definition) is 1. The molecule has 0 amide bonds. The van der Waals surface area contributed by atoms with E-state index in [0.717, 1.165) is 11.5 Å². The van der Waals surface area contributed by atoms with Crippen LogP contribution in [0.3, 0.4) is 0 Å². The molecule has 1 N–H and O–H groups in total. The van der Waals surface area contributed by atoms with Gasteiger partial charge >= 0.3 is 5.95 Å². The molecular formula is C13H13BrClN3O. The maximum absolute atomic E-state index is 10.9. The molecule has 6 heteroatoms. The van der Waals surface area contributed by atoms with Crippen LogP contribution >= 0.6 is 11.6 Å². The minimum atomic E-state index is -1.08. The minimum Gasteiger partial charge on any atom is -1.00 e. The Morgan fingerprint density at radius 2 is 2.05 bits per heavy atom. The SMILES string of the molecule is CN1c2nccc[n+]2CC1(O)c1ccc(Cl)cc1.[Br-]. The van der Waals surface area contributed by atoms with E-state index >= 15 is 0 Å². The van der Waals surface area contributed by atoms with E-state index < -0.39 is 5.72 Å². The predicted octanol–water partition coefficient (Wildman–Crippen LogP) is -1.68. The van der Waals surface area contributed by atoms with Crippen molar-refractivity contribution in [2.45, 2.75) is 12.3 Å². The summed E-state index contributed by atoms with van der Waals surface area (Å²) in [5.74, 6) is 0.745. The van der Waals surface area contributed by atoms with Crippen LogP contribution < -0.4 is 26.4 Å². The van der Waals surface area contributed by atoms with Crippen molar-refractivity contribution in [1.82, 2.24) is 4.98 Å². The van der Waals surface area contributed by atoms with Crippen molar-refractivity contribution in [3.63, 3.8) is 0 Å². The van der Waals surface area contributed by atoms with Gasteiger partial charge < -0.3 is 22.1 Å². The van der Waals surface area contributed by atoms with Crippen molar-refractivity contribution in [3.05, 3.63) is 53.3 Å². The van der Waals surface area contributed by atoms with Gasteiger partial charge in [0.1, 0.15) is 12.7 Å². The average molecular weight is 343 g/mol. The monoisotopic (exact) mass is 341 g/mol. The van der Waals surface area contributed by atoms with Gasteiger partial charge in [-0.25, -0.2) is 9.47 Å². The molecule has 1 unspecified atom stereocenters. The quantitative estimate of drug-likeness (QED) is 0.630. The zero-order valence-electron chi connectivity index (χ0n) is 10.3. The first-order chi connectivity index (χ1) is 8.61. The molecule has 0 bridgehead atoms. The van der Waals surface area contributed by atoms with E-state index in [9.17, 15) is 5.11 Å². The lowest BCUT2D eigenvalue weighted by atomic mass is 10.0. The Balaban J connectivity index is 0.00000133. The molecule has 0 aliphatic carbocycles. The highest BCUT2D eigenvalue weighted by Crippen LogP contribution is 2.32. The number of likely N-dealkylation sites (N-methyl/N-ethyl adjacent to an activating group) is 1. The number of hydrogen-bond acceptors (Lipinski definition) is 3. The summed E-state index contributed by atoms with van der Waals surface area (Å²) < 4.78 is 1.93. The molecule has 100 valence electrons. The van der Waals surface area contributed by atoms with Crippen molar-refractivity contribution < 1.29 is 26.7 Å². The van der Waals surface area contributed by atoms with Crippen LogP contribution in [0.2, 0.25) is 5.02 Å². The van der Waals surface area contributed by atoms with Gasteiger partial charge in [0, 0.05) is 16.7 Å². The van der Waals surface area contributed by atoms with E-state index in [1.54, 1.807) is 23.2 Å². The van der Waals surface area contributed by atoms with Gasteiger partial charge in [-0.05, 0) is 12.1 Å². The summed E-state index contributed by atoms with van der Waals surface area (Å²) in [6, 6.07) is 9.09. The zero-order valence-corrected chi connectivity index (χ0v) is 12.6. The van der Waals surface area contributed by atoms with E-state index in [1.165, 1.54) is 0 Å². The fraction of sp³-hybridized carbons (Fsp3) is 0.231. The average Bonchev–Trinajstić information content (AvgIpc) is 2.64. The fourth-order valence-electron chi connectivity index (χ4n) is 2.31. The van der Waals surface area contributed by atoms with Crippen molar-refractivity contribution >= 4 is 17.5 Å². The van der Waals surface area contributed by atoms with Crippen molar-refractivity contribution in [2.24, 2.45) is 0 Å². The Morgan fingerprint density at radius 3 is 2.68 bits per heavy atom. The molecule has 3 rings (SSSR count). The van der Waals surface area contributed by atoms with Crippen LogP contribution in [0.15, 0.2) is 42.7 Å². The first kappa shape index (κ1) is 14.2. The molecule has 1 atom stereocenters. The predicted molar refractivity (Wildman–Crippen MR) is 68.2 cm³/mol. The molecule has 1 aromatic heterocycles. The van der Waals surface area contributed by atoms with E-state index in [-0.39, 0.29) is 17.0 Å². The van der Waals surface area contributed by atoms with E-state index in [2.05, 4.69) is 4.98 Å². The lowest BCUT2D eigenvalue weighted by Crippen LogP contribution is -3.00. The normalized spacial score (nSPS) is 20.9. The van der Waals surface area contributed by atoms with Crippen molar-refractivity contribution in [1.29, 1.82) is 0 Å². The number of rotatable bonds is 1. The van der Waals surface area contributed by atoms with Crippen LogP contribution in [0.25, 0.3) is 0 Å². The lowest BCUT2D eigenvalue weighted by molar-refractivity contribution is -0.685. The Bertz CT molecular complexity index is 593. The Kier molecular flexibility index (Phi) is 3.80. The Labute approximate surface area is 127 Å². The summed E-state index contributed by atoms with van der Waals surface area (Å²) in [5, 5.41) is 11.5. The molecule has 0 saturated heterocycles. The summed E-state index contributed by atoms with van der Waals surface area (Å²) in [6.45, 7) is 0.453. The maximum atomic E-state index is 10.9. The molecular weight excluding hydrogens is 330 g/mol. The van der Waals surface area contributed by atoms with Gasteiger partial charge in [-0.1, -0.05) is 28.7 Å². The molecule has 19 heavy (non-hydrogen) atoms. The number of aromatic nitrogens is 2. The lowest BCUT2D eigenvalue weighted by Gasteiger charge is -2.25. The second kappa shape index (κ2) is 5.07. The number of benzene rings is 1. The standard InChI is InChI=1S/C13H13ClN3O.BrH/c1-16-12-15-7-2-8-17(12)9-13(16,18)10-3-5-11(14)6-4-10;/h2-8,18H,9H2,1H3;1H/q+1;/p-1. The van der Waals surface area contributed by atoms with Gasteiger partial charge in [-0.15, -0.1) is 0 Å². The number of anilines is 1. The topological polar surface area (TPSA) is 40.2 Å². The highest BCUT2D eigenvalue weighted by molar-refractivity contribution is 6.30. The number of fused-ring (bicyclic) bond motifs is 1. The summed E-state index contributed by atoms with van der Waals surface area (Å²) in [4.78, 5) is 6.06. The van der Waals surface area contributed by atoms with Crippen LogP contribution in [0.4, 0.5) is 5.95 Å². The Morgan fingerprint density at radius 1 is 1.37 bits per heavy atom. The first-order valence-corrected chi connectivity index (χ1v) is 6.06. The van der Waals surface area contributed by atoms with Gasteiger partial charge in [-0.3, -0.25) is 0 Å². The largest absolute Gasteiger partial charge is 1.00 e. The first-order valence-electron chi connectivity index (χ1n) is 5.68. The molecule has 4 nitrogen and oxygen atoms in total. The summed E-state index contributed by atoms with van der Waals surface area (Å²) in [7, 11) is 1.83. The number of nitrogens with zero attached hydrogens (tertiary/aromatic N) is 3. The molecule has 1 aliphatic heterocycles. The van der Waals surface area contributed by atoms with Gasteiger partial charge in [0.05, 0.1) is 13.2 Å². The van der Waals surface area contributed by atoms with Crippen LogP contribution in [0, 0.1) is 0 Å².